The summed E-state index contributed by atoms with van der Waals surface area (Å²) in [5.41, 5.74) is 3.09. The monoisotopic (exact) mass is 380 g/mol. The lowest BCUT2D eigenvalue weighted by molar-refractivity contribution is -0.114. The molecule has 0 radical (unpaired) electrons. The van der Waals surface area contributed by atoms with E-state index in [-0.39, 0.29) is 10.8 Å². The fourth-order valence-corrected chi connectivity index (χ4v) is 3.82. The van der Waals surface area contributed by atoms with E-state index in [4.69, 9.17) is 0 Å². The van der Waals surface area contributed by atoms with Gasteiger partial charge in [-0.3, -0.25) is 9.52 Å². The highest BCUT2D eigenvalue weighted by molar-refractivity contribution is 7.92. The number of carbonyl (C=O) groups excluding carboxylic acids is 1. The summed E-state index contributed by atoms with van der Waals surface area (Å²) in [7, 11) is -3.74. The van der Waals surface area contributed by atoms with Crippen LogP contribution in [0.15, 0.2) is 83.8 Å². The molecule has 6 heteroatoms. The summed E-state index contributed by atoms with van der Waals surface area (Å²) in [6, 6.07) is 23.3. The number of benzene rings is 3. The molecule has 1 amide bonds. The standard InChI is InChI=1S/C21H20N2O3S/c1-16(24)22-19-11-13-20(14-12-19)27(25,26)23-21-10-6-5-9-18(21)15-17-7-3-2-4-8-17/h2-14,23H,15H2,1H3,(H,22,24). The molecule has 5 nitrogen and oxygen atoms in total. The number of nitrogens with one attached hydrogen (secondary N) is 2. The van der Waals surface area contributed by atoms with Crippen molar-refractivity contribution in [1.29, 1.82) is 0 Å². The zero-order valence-corrected chi connectivity index (χ0v) is 15.7. The van der Waals surface area contributed by atoms with Gasteiger partial charge in [0.1, 0.15) is 0 Å². The van der Waals surface area contributed by atoms with Crippen molar-refractivity contribution in [2.75, 3.05) is 10.0 Å². The normalized spacial score (nSPS) is 11.0. The average molecular weight is 380 g/mol. The molecular weight excluding hydrogens is 360 g/mol. The third-order valence-electron chi connectivity index (χ3n) is 3.98. The average Bonchev–Trinajstić information content (AvgIpc) is 2.64. The fraction of sp³-hybridized carbons (Fsp3) is 0.0952. The number of hydrogen-bond acceptors (Lipinski definition) is 3. The van der Waals surface area contributed by atoms with Crippen LogP contribution in [0, 0.1) is 0 Å². The quantitative estimate of drug-likeness (QED) is 0.678. The molecule has 138 valence electrons. The molecule has 3 rings (SSSR count). The van der Waals surface area contributed by atoms with Crippen LogP contribution in [-0.4, -0.2) is 14.3 Å². The Morgan fingerprint density at radius 3 is 2.15 bits per heavy atom. The van der Waals surface area contributed by atoms with Crippen LogP contribution >= 0.6 is 0 Å². The molecule has 0 saturated carbocycles. The van der Waals surface area contributed by atoms with E-state index in [0.29, 0.717) is 17.8 Å². The lowest BCUT2D eigenvalue weighted by atomic mass is 10.0. The molecule has 2 N–H and O–H groups in total. The molecular formula is C21H20N2O3S. The third-order valence-corrected chi connectivity index (χ3v) is 5.37. The minimum absolute atomic E-state index is 0.131. The minimum Gasteiger partial charge on any atom is -0.326 e. The molecule has 0 heterocycles. The maximum Gasteiger partial charge on any atom is 0.261 e. The highest BCUT2D eigenvalue weighted by Gasteiger charge is 2.16. The minimum atomic E-state index is -3.74. The summed E-state index contributed by atoms with van der Waals surface area (Å²) >= 11 is 0. The van der Waals surface area contributed by atoms with Crippen molar-refractivity contribution in [2.24, 2.45) is 0 Å². The molecule has 0 fully saturated rings. The topological polar surface area (TPSA) is 75.3 Å². The second-order valence-corrected chi connectivity index (χ2v) is 7.81. The first kappa shape index (κ1) is 18.7. The predicted octanol–water partition coefficient (Wildman–Crippen LogP) is 4.04. The van der Waals surface area contributed by atoms with Crippen molar-refractivity contribution in [1.82, 2.24) is 0 Å². The molecule has 0 unspecified atom stereocenters. The van der Waals surface area contributed by atoms with Crippen LogP contribution in [0.2, 0.25) is 0 Å². The van der Waals surface area contributed by atoms with E-state index in [1.807, 2.05) is 42.5 Å². The van der Waals surface area contributed by atoms with Crippen molar-refractivity contribution in [3.8, 4) is 0 Å². The lowest BCUT2D eigenvalue weighted by Gasteiger charge is -2.13. The van der Waals surface area contributed by atoms with Gasteiger partial charge in [0.15, 0.2) is 0 Å². The van der Waals surface area contributed by atoms with E-state index < -0.39 is 10.0 Å². The molecule has 0 saturated heterocycles. The van der Waals surface area contributed by atoms with Gasteiger partial charge in [-0.2, -0.15) is 0 Å². The first-order chi connectivity index (χ1) is 12.9. The van der Waals surface area contributed by atoms with Gasteiger partial charge in [0.05, 0.1) is 10.6 Å². The number of sulfonamides is 1. The first-order valence-corrected chi connectivity index (χ1v) is 9.95. The number of carbonyl (C=O) groups is 1. The van der Waals surface area contributed by atoms with E-state index >= 15 is 0 Å². The van der Waals surface area contributed by atoms with Gasteiger partial charge in [-0.05, 0) is 47.9 Å². The van der Waals surface area contributed by atoms with Gasteiger partial charge in [0.25, 0.3) is 10.0 Å². The molecule has 3 aromatic carbocycles. The van der Waals surface area contributed by atoms with Crippen molar-refractivity contribution in [2.45, 2.75) is 18.2 Å². The molecule has 3 aromatic rings. The molecule has 0 atom stereocenters. The highest BCUT2D eigenvalue weighted by atomic mass is 32.2. The van der Waals surface area contributed by atoms with Crippen molar-refractivity contribution >= 4 is 27.3 Å². The second kappa shape index (κ2) is 8.05. The van der Waals surface area contributed by atoms with Gasteiger partial charge in [-0.1, -0.05) is 48.5 Å². The van der Waals surface area contributed by atoms with E-state index in [1.54, 1.807) is 24.3 Å². The van der Waals surface area contributed by atoms with Gasteiger partial charge in [-0.15, -0.1) is 0 Å². The Kier molecular flexibility index (Phi) is 5.57. The predicted molar refractivity (Wildman–Crippen MR) is 107 cm³/mol. The van der Waals surface area contributed by atoms with Gasteiger partial charge < -0.3 is 5.32 Å². The van der Waals surface area contributed by atoms with E-state index in [0.717, 1.165) is 11.1 Å². The lowest BCUT2D eigenvalue weighted by Crippen LogP contribution is -2.14. The summed E-state index contributed by atoms with van der Waals surface area (Å²) in [5.74, 6) is -0.210. The van der Waals surface area contributed by atoms with Crippen molar-refractivity contribution in [3.63, 3.8) is 0 Å². The molecule has 0 aliphatic rings. The van der Waals surface area contributed by atoms with Crippen LogP contribution in [0.3, 0.4) is 0 Å². The molecule has 0 aliphatic heterocycles. The molecule has 0 aliphatic carbocycles. The van der Waals surface area contributed by atoms with Crippen LogP contribution in [-0.2, 0) is 21.2 Å². The van der Waals surface area contributed by atoms with Gasteiger partial charge in [0.2, 0.25) is 5.91 Å². The fourth-order valence-electron chi connectivity index (χ4n) is 2.71. The molecule has 27 heavy (non-hydrogen) atoms. The Balaban J connectivity index is 1.83. The summed E-state index contributed by atoms with van der Waals surface area (Å²) in [6.07, 6.45) is 0.626. The van der Waals surface area contributed by atoms with Crippen LogP contribution in [0.25, 0.3) is 0 Å². The number of rotatable bonds is 6. The van der Waals surface area contributed by atoms with Crippen molar-refractivity contribution < 1.29 is 13.2 Å². The third kappa shape index (κ3) is 4.95. The first-order valence-electron chi connectivity index (χ1n) is 8.46. The van der Waals surface area contributed by atoms with Gasteiger partial charge in [0, 0.05) is 12.6 Å². The molecule has 0 aromatic heterocycles. The van der Waals surface area contributed by atoms with E-state index in [2.05, 4.69) is 10.0 Å². The van der Waals surface area contributed by atoms with Crippen LogP contribution in [0.5, 0.6) is 0 Å². The maximum absolute atomic E-state index is 12.7. The number of anilines is 2. The van der Waals surface area contributed by atoms with Gasteiger partial charge >= 0.3 is 0 Å². The van der Waals surface area contributed by atoms with Crippen LogP contribution < -0.4 is 10.0 Å². The Labute approximate surface area is 159 Å². The SMILES string of the molecule is CC(=O)Nc1ccc(S(=O)(=O)Nc2ccccc2Cc2ccccc2)cc1. The Hall–Kier alpha value is -3.12. The van der Waals surface area contributed by atoms with Crippen LogP contribution in [0.4, 0.5) is 11.4 Å². The number of para-hydroxylation sites is 1. The Morgan fingerprint density at radius 2 is 1.48 bits per heavy atom. The highest BCUT2D eigenvalue weighted by Crippen LogP contribution is 2.23. The summed E-state index contributed by atoms with van der Waals surface area (Å²) in [6.45, 7) is 1.40. The summed E-state index contributed by atoms with van der Waals surface area (Å²) < 4.78 is 28.2. The Bertz CT molecular complexity index is 1030. The molecule has 0 bridgehead atoms. The smallest absolute Gasteiger partial charge is 0.261 e. The maximum atomic E-state index is 12.7. The zero-order valence-electron chi connectivity index (χ0n) is 14.8. The molecule has 0 spiro atoms. The van der Waals surface area contributed by atoms with Crippen molar-refractivity contribution in [3.05, 3.63) is 90.0 Å². The second-order valence-electron chi connectivity index (χ2n) is 6.13. The summed E-state index contributed by atoms with van der Waals surface area (Å²) in [4.78, 5) is 11.2. The van der Waals surface area contributed by atoms with E-state index in [9.17, 15) is 13.2 Å². The van der Waals surface area contributed by atoms with Crippen LogP contribution in [0.1, 0.15) is 18.1 Å². The van der Waals surface area contributed by atoms with Gasteiger partial charge in [-0.25, -0.2) is 8.42 Å². The van der Waals surface area contributed by atoms with E-state index in [1.165, 1.54) is 19.1 Å². The number of hydrogen-bond donors (Lipinski definition) is 2. The zero-order chi connectivity index (χ0) is 19.3. The largest absolute Gasteiger partial charge is 0.326 e. The summed E-state index contributed by atoms with van der Waals surface area (Å²) in [5, 5.41) is 2.62. The number of amides is 1. The Morgan fingerprint density at radius 1 is 0.852 bits per heavy atom.